The van der Waals surface area contributed by atoms with Gasteiger partial charge in [0.2, 0.25) is 0 Å². The molecule has 6 nitrogen and oxygen atoms in total. The zero-order valence-corrected chi connectivity index (χ0v) is 16.3. The lowest BCUT2D eigenvalue weighted by atomic mass is 10.1. The van der Waals surface area contributed by atoms with Gasteiger partial charge in [-0.3, -0.25) is 9.59 Å². The Morgan fingerprint density at radius 3 is 2.18 bits per heavy atom. The van der Waals surface area contributed by atoms with E-state index in [0.717, 1.165) is 29.4 Å². The molecule has 0 saturated heterocycles. The van der Waals surface area contributed by atoms with Crippen LogP contribution in [0.25, 0.3) is 0 Å². The number of likely N-dealkylation sites (N-methyl/N-ethyl adjacent to an activating group) is 1. The first-order chi connectivity index (χ1) is 13.2. The zero-order chi connectivity index (χ0) is 20.8. The quantitative estimate of drug-likeness (QED) is 0.744. The maximum Gasteiger partial charge on any atom is 0.313 e. The Bertz CT molecular complexity index is 839. The summed E-state index contributed by atoms with van der Waals surface area (Å²) >= 11 is 0. The molecule has 2 amide bonds. The van der Waals surface area contributed by atoms with E-state index in [0.29, 0.717) is 0 Å². The first-order valence-corrected chi connectivity index (χ1v) is 8.67. The van der Waals surface area contributed by atoms with Crippen molar-refractivity contribution in [2.75, 3.05) is 45.0 Å². The summed E-state index contributed by atoms with van der Waals surface area (Å²) in [7, 11) is 7.61. The molecule has 0 aliphatic carbocycles. The molecule has 0 aliphatic heterocycles. The van der Waals surface area contributed by atoms with Crippen LogP contribution in [0.2, 0.25) is 0 Å². The first kappa shape index (κ1) is 21.3. The average molecular weight is 390 g/mol. The maximum absolute atomic E-state index is 13.6. The summed E-state index contributed by atoms with van der Waals surface area (Å²) in [6.07, 6.45) is 0. The van der Waals surface area contributed by atoms with E-state index in [-0.39, 0.29) is 18.3 Å². The average Bonchev–Trinajstić information content (AvgIpc) is 2.64. The van der Waals surface area contributed by atoms with Gasteiger partial charge in [-0.1, -0.05) is 12.1 Å². The summed E-state index contributed by atoms with van der Waals surface area (Å²) in [5.74, 6) is -3.54. The van der Waals surface area contributed by atoms with E-state index < -0.39 is 23.4 Å². The first-order valence-electron chi connectivity index (χ1n) is 8.67. The van der Waals surface area contributed by atoms with Crippen LogP contribution in [0.1, 0.15) is 11.6 Å². The van der Waals surface area contributed by atoms with E-state index in [4.69, 9.17) is 0 Å². The SMILES string of the molecule is CN(C)c1ccc([C@H](CNC(=O)C(=O)Nc2cc(F)ccc2F)N(C)C)cc1. The highest BCUT2D eigenvalue weighted by atomic mass is 19.1. The largest absolute Gasteiger partial charge is 0.378 e. The molecule has 0 aliphatic rings. The highest BCUT2D eigenvalue weighted by Crippen LogP contribution is 2.21. The van der Waals surface area contributed by atoms with Crippen molar-refractivity contribution in [3.05, 3.63) is 59.7 Å². The Hall–Kier alpha value is -3.00. The number of halogens is 2. The number of hydrogen-bond acceptors (Lipinski definition) is 4. The molecule has 0 spiro atoms. The van der Waals surface area contributed by atoms with Crippen LogP contribution in [0.15, 0.2) is 42.5 Å². The zero-order valence-electron chi connectivity index (χ0n) is 16.3. The van der Waals surface area contributed by atoms with E-state index in [1.54, 1.807) is 0 Å². The number of anilines is 2. The number of nitrogens with zero attached hydrogens (tertiary/aromatic N) is 2. The van der Waals surface area contributed by atoms with Crippen LogP contribution in [0.5, 0.6) is 0 Å². The normalized spacial score (nSPS) is 11.8. The Morgan fingerprint density at radius 1 is 0.964 bits per heavy atom. The van der Waals surface area contributed by atoms with Gasteiger partial charge in [0.05, 0.1) is 11.7 Å². The van der Waals surface area contributed by atoms with Crippen molar-refractivity contribution in [3.63, 3.8) is 0 Å². The third kappa shape index (κ3) is 5.50. The van der Waals surface area contributed by atoms with Gasteiger partial charge in [0, 0.05) is 32.4 Å². The lowest BCUT2D eigenvalue weighted by Gasteiger charge is -2.25. The summed E-state index contributed by atoms with van der Waals surface area (Å²) in [4.78, 5) is 28.0. The number of carbonyl (C=O) groups excluding carboxylic acids is 2. The molecule has 28 heavy (non-hydrogen) atoms. The smallest absolute Gasteiger partial charge is 0.313 e. The summed E-state index contributed by atoms with van der Waals surface area (Å²) in [5.41, 5.74) is 1.62. The predicted octanol–water partition coefficient (Wildman–Crippen LogP) is 2.39. The van der Waals surface area contributed by atoms with Gasteiger partial charge in [-0.05, 0) is 43.9 Å². The second-order valence-electron chi connectivity index (χ2n) is 6.75. The van der Waals surface area contributed by atoms with Crippen LogP contribution in [0, 0.1) is 11.6 Å². The molecule has 0 aromatic heterocycles. The fourth-order valence-corrected chi connectivity index (χ4v) is 2.64. The molecule has 2 aromatic carbocycles. The number of benzene rings is 2. The van der Waals surface area contributed by atoms with E-state index >= 15 is 0 Å². The fourth-order valence-electron chi connectivity index (χ4n) is 2.64. The molecule has 0 fully saturated rings. The third-order valence-corrected chi connectivity index (χ3v) is 4.26. The van der Waals surface area contributed by atoms with Crippen molar-refractivity contribution >= 4 is 23.2 Å². The van der Waals surface area contributed by atoms with Crippen LogP contribution < -0.4 is 15.5 Å². The van der Waals surface area contributed by atoms with Crippen molar-refractivity contribution in [2.24, 2.45) is 0 Å². The predicted molar refractivity (Wildman–Crippen MR) is 105 cm³/mol. The van der Waals surface area contributed by atoms with Crippen molar-refractivity contribution in [3.8, 4) is 0 Å². The second-order valence-corrected chi connectivity index (χ2v) is 6.75. The molecule has 2 rings (SSSR count). The lowest BCUT2D eigenvalue weighted by Crippen LogP contribution is -2.40. The molecule has 150 valence electrons. The number of nitrogens with one attached hydrogen (secondary N) is 2. The van der Waals surface area contributed by atoms with Gasteiger partial charge in [-0.15, -0.1) is 0 Å². The maximum atomic E-state index is 13.6. The minimum absolute atomic E-state index is 0.168. The Balaban J connectivity index is 2.01. The van der Waals surface area contributed by atoms with E-state index in [9.17, 15) is 18.4 Å². The standard InChI is InChI=1S/C20H24F2N4O2/c1-25(2)15-8-5-13(6-9-15)18(26(3)4)12-23-19(27)20(28)24-17-11-14(21)7-10-16(17)22/h5-11,18H,12H2,1-4H3,(H,23,27)(H,24,28)/t18-/m0/s1. The van der Waals surface area contributed by atoms with E-state index in [2.05, 4.69) is 10.6 Å². The second kappa shape index (κ2) is 9.27. The molecule has 2 aromatic rings. The molecule has 0 heterocycles. The van der Waals surface area contributed by atoms with E-state index in [1.165, 1.54) is 0 Å². The van der Waals surface area contributed by atoms with Gasteiger partial charge in [0.1, 0.15) is 11.6 Å². The van der Waals surface area contributed by atoms with Crippen molar-refractivity contribution in [2.45, 2.75) is 6.04 Å². The number of carbonyl (C=O) groups is 2. The minimum atomic E-state index is -1.06. The molecule has 0 bridgehead atoms. The molecule has 0 radical (unpaired) electrons. The highest BCUT2D eigenvalue weighted by Gasteiger charge is 2.20. The molecule has 0 unspecified atom stereocenters. The Morgan fingerprint density at radius 2 is 1.61 bits per heavy atom. The summed E-state index contributed by atoms with van der Waals surface area (Å²) in [6, 6.07) is 10.3. The van der Waals surface area contributed by atoms with Crippen LogP contribution in [-0.4, -0.2) is 51.4 Å². The Labute approximate surface area is 163 Å². The van der Waals surface area contributed by atoms with Crippen molar-refractivity contribution in [1.29, 1.82) is 0 Å². The van der Waals surface area contributed by atoms with Gasteiger partial charge in [-0.2, -0.15) is 0 Å². The molecular formula is C20H24F2N4O2. The lowest BCUT2D eigenvalue weighted by molar-refractivity contribution is -0.136. The summed E-state index contributed by atoms with van der Waals surface area (Å²) in [5, 5.41) is 4.61. The van der Waals surface area contributed by atoms with E-state index in [1.807, 2.05) is 62.3 Å². The van der Waals surface area contributed by atoms with Crippen LogP contribution >= 0.6 is 0 Å². The molecule has 2 N–H and O–H groups in total. The number of hydrogen-bond donors (Lipinski definition) is 2. The topological polar surface area (TPSA) is 64.7 Å². The van der Waals surface area contributed by atoms with Gasteiger partial charge in [0.15, 0.2) is 0 Å². The van der Waals surface area contributed by atoms with Crippen LogP contribution in [-0.2, 0) is 9.59 Å². The Kier molecular flexibility index (Phi) is 7.06. The van der Waals surface area contributed by atoms with Gasteiger partial charge in [-0.25, -0.2) is 8.78 Å². The fraction of sp³-hybridized carbons (Fsp3) is 0.300. The highest BCUT2D eigenvalue weighted by molar-refractivity contribution is 6.39. The molecular weight excluding hydrogens is 366 g/mol. The monoisotopic (exact) mass is 390 g/mol. The van der Waals surface area contributed by atoms with Crippen molar-refractivity contribution < 1.29 is 18.4 Å². The minimum Gasteiger partial charge on any atom is -0.378 e. The van der Waals surface area contributed by atoms with Gasteiger partial charge >= 0.3 is 11.8 Å². The number of rotatable bonds is 6. The number of amides is 2. The van der Waals surface area contributed by atoms with Crippen LogP contribution in [0.4, 0.5) is 20.2 Å². The van der Waals surface area contributed by atoms with Gasteiger partial charge < -0.3 is 20.4 Å². The van der Waals surface area contributed by atoms with Crippen LogP contribution in [0.3, 0.4) is 0 Å². The molecule has 1 atom stereocenters. The van der Waals surface area contributed by atoms with Gasteiger partial charge in [0.25, 0.3) is 0 Å². The molecule has 8 heteroatoms. The summed E-state index contributed by atoms with van der Waals surface area (Å²) in [6.45, 7) is 0.173. The third-order valence-electron chi connectivity index (χ3n) is 4.26. The molecule has 0 saturated carbocycles. The van der Waals surface area contributed by atoms with Crippen molar-refractivity contribution in [1.82, 2.24) is 10.2 Å². The summed E-state index contributed by atoms with van der Waals surface area (Å²) < 4.78 is 26.8.